The van der Waals surface area contributed by atoms with E-state index in [9.17, 15) is 8.42 Å². The lowest BCUT2D eigenvalue weighted by molar-refractivity contribution is 0.548. The Morgan fingerprint density at radius 1 is 1.32 bits per heavy atom. The molecule has 0 aliphatic heterocycles. The van der Waals surface area contributed by atoms with Crippen LogP contribution >= 0.6 is 11.3 Å². The standard InChI is InChI=1S/C14H26N4O2S2/c1-5-15-13(16-8-9-18-22(4,19)20)17-11-14(2,3)12-7-6-10-21-12/h6-7,10,18H,5,8-9,11H2,1-4H3,(H2,15,16,17). The van der Waals surface area contributed by atoms with Gasteiger partial charge in [-0.15, -0.1) is 11.3 Å². The second-order valence-corrected chi connectivity index (χ2v) is 8.43. The highest BCUT2D eigenvalue weighted by molar-refractivity contribution is 7.88. The summed E-state index contributed by atoms with van der Waals surface area (Å²) in [6.45, 7) is 8.55. The second-order valence-electron chi connectivity index (χ2n) is 5.65. The number of guanidine groups is 1. The minimum atomic E-state index is -3.15. The smallest absolute Gasteiger partial charge is 0.208 e. The van der Waals surface area contributed by atoms with Crippen molar-refractivity contribution in [2.45, 2.75) is 26.2 Å². The fraction of sp³-hybridized carbons (Fsp3) is 0.643. The van der Waals surface area contributed by atoms with E-state index in [1.165, 1.54) is 4.88 Å². The van der Waals surface area contributed by atoms with Crippen molar-refractivity contribution in [3.63, 3.8) is 0 Å². The predicted molar refractivity (Wildman–Crippen MR) is 94.2 cm³/mol. The molecule has 1 rings (SSSR count). The third-order valence-electron chi connectivity index (χ3n) is 2.95. The predicted octanol–water partition coefficient (Wildman–Crippen LogP) is 1.13. The van der Waals surface area contributed by atoms with Crippen LogP contribution in [0.5, 0.6) is 0 Å². The van der Waals surface area contributed by atoms with Gasteiger partial charge in [-0.1, -0.05) is 19.9 Å². The first-order valence-corrected chi connectivity index (χ1v) is 10.0. The quantitative estimate of drug-likeness (QED) is 0.374. The van der Waals surface area contributed by atoms with Crippen LogP contribution in [0.25, 0.3) is 0 Å². The molecule has 3 N–H and O–H groups in total. The molecule has 8 heteroatoms. The van der Waals surface area contributed by atoms with Gasteiger partial charge in [-0.2, -0.15) is 0 Å². The van der Waals surface area contributed by atoms with E-state index in [4.69, 9.17) is 0 Å². The SMILES string of the molecule is CCNC(=NCC(C)(C)c1cccs1)NCCNS(C)(=O)=O. The molecule has 1 aromatic rings. The molecule has 0 spiro atoms. The van der Waals surface area contributed by atoms with Gasteiger partial charge >= 0.3 is 0 Å². The summed E-state index contributed by atoms with van der Waals surface area (Å²) in [5.74, 6) is 0.697. The van der Waals surface area contributed by atoms with Gasteiger partial charge in [0, 0.05) is 29.9 Å². The number of thiophene rings is 1. The molecule has 0 unspecified atom stereocenters. The summed E-state index contributed by atoms with van der Waals surface area (Å²) in [6.07, 6.45) is 1.15. The monoisotopic (exact) mass is 346 g/mol. The van der Waals surface area contributed by atoms with Crippen molar-refractivity contribution in [3.8, 4) is 0 Å². The highest BCUT2D eigenvalue weighted by Crippen LogP contribution is 2.27. The summed E-state index contributed by atoms with van der Waals surface area (Å²) in [7, 11) is -3.15. The van der Waals surface area contributed by atoms with Gasteiger partial charge in [0.25, 0.3) is 0 Å². The van der Waals surface area contributed by atoms with E-state index >= 15 is 0 Å². The number of hydrogen-bond acceptors (Lipinski definition) is 4. The lowest BCUT2D eigenvalue weighted by Gasteiger charge is -2.21. The number of nitrogens with zero attached hydrogens (tertiary/aromatic N) is 1. The van der Waals surface area contributed by atoms with Crippen LogP contribution in [0.15, 0.2) is 22.5 Å². The van der Waals surface area contributed by atoms with E-state index in [0.29, 0.717) is 25.6 Å². The molecule has 0 saturated carbocycles. The van der Waals surface area contributed by atoms with E-state index in [2.05, 4.69) is 45.6 Å². The van der Waals surface area contributed by atoms with Crippen LogP contribution in [0.2, 0.25) is 0 Å². The summed E-state index contributed by atoms with van der Waals surface area (Å²) in [5, 5.41) is 8.36. The van der Waals surface area contributed by atoms with Crippen molar-refractivity contribution >= 4 is 27.3 Å². The zero-order chi connectivity index (χ0) is 16.6. The minimum absolute atomic E-state index is 0.0263. The molecule has 1 aromatic heterocycles. The maximum atomic E-state index is 11.0. The van der Waals surface area contributed by atoms with E-state index in [0.717, 1.165) is 12.8 Å². The molecule has 0 aromatic carbocycles. The van der Waals surface area contributed by atoms with Crippen molar-refractivity contribution < 1.29 is 8.42 Å². The average molecular weight is 347 g/mol. The lowest BCUT2D eigenvalue weighted by atomic mass is 9.92. The first-order chi connectivity index (χ1) is 10.2. The van der Waals surface area contributed by atoms with Gasteiger partial charge in [-0.05, 0) is 18.4 Å². The minimum Gasteiger partial charge on any atom is -0.357 e. The Hall–Kier alpha value is -1.12. The molecule has 6 nitrogen and oxygen atoms in total. The van der Waals surface area contributed by atoms with Crippen molar-refractivity contribution in [3.05, 3.63) is 22.4 Å². The van der Waals surface area contributed by atoms with E-state index in [1.807, 2.05) is 13.0 Å². The van der Waals surface area contributed by atoms with Gasteiger partial charge < -0.3 is 10.6 Å². The van der Waals surface area contributed by atoms with Crippen LogP contribution in [0.1, 0.15) is 25.6 Å². The summed E-state index contributed by atoms with van der Waals surface area (Å²) >= 11 is 1.73. The molecule has 22 heavy (non-hydrogen) atoms. The molecule has 1 heterocycles. The van der Waals surface area contributed by atoms with Gasteiger partial charge in [-0.3, -0.25) is 4.99 Å². The Morgan fingerprint density at radius 3 is 2.59 bits per heavy atom. The van der Waals surface area contributed by atoms with Gasteiger partial charge in [-0.25, -0.2) is 13.1 Å². The van der Waals surface area contributed by atoms with Crippen LogP contribution in [-0.4, -0.2) is 46.8 Å². The number of hydrogen-bond donors (Lipinski definition) is 3. The molecule has 0 atom stereocenters. The second kappa shape index (κ2) is 8.50. The number of aliphatic imine (C=N–C) groups is 1. The summed E-state index contributed by atoms with van der Waals surface area (Å²) in [5.41, 5.74) is -0.0263. The molecule has 0 bridgehead atoms. The van der Waals surface area contributed by atoms with Crippen molar-refractivity contribution in [2.24, 2.45) is 4.99 Å². The summed E-state index contributed by atoms with van der Waals surface area (Å²) in [4.78, 5) is 5.90. The van der Waals surface area contributed by atoms with Gasteiger partial charge in [0.1, 0.15) is 0 Å². The zero-order valence-electron chi connectivity index (χ0n) is 13.6. The van der Waals surface area contributed by atoms with Crippen LogP contribution in [0.3, 0.4) is 0 Å². The van der Waals surface area contributed by atoms with Crippen LogP contribution in [0.4, 0.5) is 0 Å². The first-order valence-electron chi connectivity index (χ1n) is 7.25. The van der Waals surface area contributed by atoms with Crippen LogP contribution in [-0.2, 0) is 15.4 Å². The molecule has 0 aliphatic carbocycles. The highest BCUT2D eigenvalue weighted by Gasteiger charge is 2.21. The number of rotatable bonds is 8. The van der Waals surface area contributed by atoms with Gasteiger partial charge in [0.15, 0.2) is 5.96 Å². The fourth-order valence-electron chi connectivity index (χ4n) is 1.78. The largest absolute Gasteiger partial charge is 0.357 e. The fourth-order valence-corrected chi connectivity index (χ4v) is 3.09. The van der Waals surface area contributed by atoms with E-state index in [1.54, 1.807) is 11.3 Å². The van der Waals surface area contributed by atoms with E-state index in [-0.39, 0.29) is 5.41 Å². The van der Waals surface area contributed by atoms with Crippen LogP contribution < -0.4 is 15.4 Å². The van der Waals surface area contributed by atoms with Crippen molar-refractivity contribution in [2.75, 3.05) is 32.4 Å². The Morgan fingerprint density at radius 2 is 2.05 bits per heavy atom. The van der Waals surface area contributed by atoms with Crippen LogP contribution in [0, 0.1) is 0 Å². The molecule has 126 valence electrons. The Balaban J connectivity index is 2.54. The molecular weight excluding hydrogens is 320 g/mol. The third-order valence-corrected chi connectivity index (χ3v) is 4.91. The summed E-state index contributed by atoms with van der Waals surface area (Å²) in [6, 6.07) is 4.17. The average Bonchev–Trinajstić information content (AvgIpc) is 2.94. The Kier molecular flexibility index (Phi) is 7.31. The Labute approximate surface area is 137 Å². The van der Waals surface area contributed by atoms with Crippen molar-refractivity contribution in [1.82, 2.24) is 15.4 Å². The maximum Gasteiger partial charge on any atom is 0.208 e. The van der Waals surface area contributed by atoms with Gasteiger partial charge in [0.05, 0.1) is 12.8 Å². The Bertz CT molecular complexity index is 566. The molecular formula is C14H26N4O2S2. The number of nitrogens with one attached hydrogen (secondary N) is 3. The molecule has 0 radical (unpaired) electrons. The normalized spacial score (nSPS) is 13.2. The molecule has 0 fully saturated rings. The third kappa shape index (κ3) is 7.24. The molecule has 0 saturated heterocycles. The number of sulfonamides is 1. The van der Waals surface area contributed by atoms with E-state index < -0.39 is 10.0 Å². The summed E-state index contributed by atoms with van der Waals surface area (Å²) < 4.78 is 24.5. The molecule has 0 aliphatic rings. The first kappa shape index (κ1) is 18.9. The lowest BCUT2D eigenvalue weighted by Crippen LogP contribution is -2.42. The maximum absolute atomic E-state index is 11.0. The van der Waals surface area contributed by atoms with Gasteiger partial charge in [0.2, 0.25) is 10.0 Å². The molecule has 0 amide bonds. The topological polar surface area (TPSA) is 82.6 Å². The van der Waals surface area contributed by atoms with Crippen molar-refractivity contribution in [1.29, 1.82) is 0 Å². The highest BCUT2D eigenvalue weighted by atomic mass is 32.2. The zero-order valence-corrected chi connectivity index (χ0v) is 15.3.